The van der Waals surface area contributed by atoms with Crippen LogP contribution in [0.25, 0.3) is 0 Å². The monoisotopic (exact) mass is 458 g/mol. The zero-order chi connectivity index (χ0) is 23.6. The van der Waals surface area contributed by atoms with Gasteiger partial charge in [0.25, 0.3) is 0 Å². The van der Waals surface area contributed by atoms with Crippen LogP contribution in [-0.2, 0) is 16.0 Å². The van der Waals surface area contributed by atoms with Gasteiger partial charge in [0, 0.05) is 38.6 Å². The third kappa shape index (κ3) is 8.03. The standard InChI is InChI=1S/C25H38N4O4/c1-19-6-3-4-7-22(19)26-25(32)27-23(30)18-28-14-5-15-29(17-16-28)24(31)13-10-20-8-11-21(33-2)12-9-20/h8-9,11-12,19,22H,3-7,10,13-18H2,1-2H3,(H2,26,27,30,32). The maximum absolute atomic E-state index is 12.7. The fourth-order valence-electron chi connectivity index (χ4n) is 4.68. The van der Waals surface area contributed by atoms with Gasteiger partial charge in [0.15, 0.2) is 0 Å². The number of hydrogen-bond acceptors (Lipinski definition) is 5. The van der Waals surface area contributed by atoms with Crippen LogP contribution < -0.4 is 15.4 Å². The molecule has 8 heteroatoms. The van der Waals surface area contributed by atoms with E-state index in [1.165, 1.54) is 6.42 Å². The minimum Gasteiger partial charge on any atom is -0.497 e. The average molecular weight is 459 g/mol. The van der Waals surface area contributed by atoms with E-state index in [1.54, 1.807) is 7.11 Å². The molecular weight excluding hydrogens is 420 g/mol. The number of ether oxygens (including phenoxy) is 1. The molecule has 2 unspecified atom stereocenters. The van der Waals surface area contributed by atoms with Crippen molar-refractivity contribution in [2.75, 3.05) is 39.8 Å². The molecule has 4 amide bonds. The van der Waals surface area contributed by atoms with Crippen molar-refractivity contribution in [1.82, 2.24) is 20.4 Å². The van der Waals surface area contributed by atoms with Crippen LogP contribution in [0.4, 0.5) is 4.79 Å². The Morgan fingerprint density at radius 1 is 1.00 bits per heavy atom. The Balaban J connectivity index is 1.37. The molecule has 1 aliphatic carbocycles. The summed E-state index contributed by atoms with van der Waals surface area (Å²) < 4.78 is 5.17. The first-order valence-corrected chi connectivity index (χ1v) is 12.2. The summed E-state index contributed by atoms with van der Waals surface area (Å²) >= 11 is 0. The molecule has 8 nitrogen and oxygen atoms in total. The average Bonchev–Trinajstić information content (AvgIpc) is 3.04. The predicted octanol–water partition coefficient (Wildman–Crippen LogP) is 2.57. The number of imide groups is 1. The Kier molecular flexibility index (Phi) is 9.54. The van der Waals surface area contributed by atoms with E-state index in [-0.39, 0.29) is 24.4 Å². The Morgan fingerprint density at radius 3 is 2.48 bits per heavy atom. The van der Waals surface area contributed by atoms with Gasteiger partial charge in [-0.25, -0.2) is 4.79 Å². The van der Waals surface area contributed by atoms with Crippen LogP contribution in [0.2, 0.25) is 0 Å². The molecule has 1 aliphatic heterocycles. The zero-order valence-corrected chi connectivity index (χ0v) is 20.0. The zero-order valence-electron chi connectivity index (χ0n) is 20.0. The molecule has 182 valence electrons. The van der Waals surface area contributed by atoms with E-state index in [2.05, 4.69) is 17.6 Å². The van der Waals surface area contributed by atoms with Gasteiger partial charge in [0.1, 0.15) is 5.75 Å². The number of amides is 4. The number of benzene rings is 1. The Morgan fingerprint density at radius 2 is 1.76 bits per heavy atom. The molecule has 2 fully saturated rings. The second-order valence-corrected chi connectivity index (χ2v) is 9.25. The summed E-state index contributed by atoms with van der Waals surface area (Å²) in [5.74, 6) is 1.09. The molecular formula is C25H38N4O4. The Hall–Kier alpha value is -2.61. The predicted molar refractivity (Wildman–Crippen MR) is 127 cm³/mol. The van der Waals surface area contributed by atoms with Crippen LogP contribution >= 0.6 is 0 Å². The number of rotatable bonds is 7. The number of methoxy groups -OCH3 is 1. The summed E-state index contributed by atoms with van der Waals surface area (Å²) in [6.07, 6.45) is 6.38. The minimum absolute atomic E-state index is 0.137. The van der Waals surface area contributed by atoms with Crippen LogP contribution in [0.1, 0.15) is 51.0 Å². The van der Waals surface area contributed by atoms with E-state index in [0.717, 1.165) is 43.5 Å². The highest BCUT2D eigenvalue weighted by atomic mass is 16.5. The Bertz CT molecular complexity index is 798. The number of aryl methyl sites for hydroxylation is 1. The van der Waals surface area contributed by atoms with Crippen LogP contribution in [0.5, 0.6) is 5.75 Å². The molecule has 33 heavy (non-hydrogen) atoms. The van der Waals surface area contributed by atoms with E-state index in [0.29, 0.717) is 38.4 Å². The van der Waals surface area contributed by atoms with Gasteiger partial charge in [0.2, 0.25) is 11.8 Å². The SMILES string of the molecule is COc1ccc(CCC(=O)N2CCCN(CC(=O)NC(=O)NC3CCCCC3C)CC2)cc1. The van der Waals surface area contributed by atoms with Crippen molar-refractivity contribution in [2.45, 2.75) is 57.9 Å². The summed E-state index contributed by atoms with van der Waals surface area (Å²) in [5, 5.41) is 5.43. The molecule has 1 heterocycles. The van der Waals surface area contributed by atoms with Crippen molar-refractivity contribution in [3.05, 3.63) is 29.8 Å². The molecule has 0 bridgehead atoms. The summed E-state index contributed by atoms with van der Waals surface area (Å²) in [6, 6.07) is 7.53. The fourth-order valence-corrected chi connectivity index (χ4v) is 4.68. The van der Waals surface area contributed by atoms with Gasteiger partial charge >= 0.3 is 6.03 Å². The lowest BCUT2D eigenvalue weighted by Crippen LogP contribution is -2.50. The van der Waals surface area contributed by atoms with Crippen molar-refractivity contribution < 1.29 is 19.1 Å². The molecule has 1 saturated heterocycles. The van der Waals surface area contributed by atoms with E-state index in [4.69, 9.17) is 4.74 Å². The number of nitrogens with zero attached hydrogens (tertiary/aromatic N) is 2. The third-order valence-electron chi connectivity index (χ3n) is 6.78. The second-order valence-electron chi connectivity index (χ2n) is 9.25. The maximum Gasteiger partial charge on any atom is 0.321 e. The number of urea groups is 1. The molecule has 3 rings (SSSR count). The lowest BCUT2D eigenvalue weighted by atomic mass is 9.86. The maximum atomic E-state index is 12.7. The topological polar surface area (TPSA) is 91.0 Å². The first-order chi connectivity index (χ1) is 15.9. The molecule has 0 radical (unpaired) electrons. The quantitative estimate of drug-likeness (QED) is 0.655. The largest absolute Gasteiger partial charge is 0.497 e. The van der Waals surface area contributed by atoms with Crippen LogP contribution in [0, 0.1) is 5.92 Å². The summed E-state index contributed by atoms with van der Waals surface area (Å²) in [4.78, 5) is 41.2. The van der Waals surface area contributed by atoms with Crippen molar-refractivity contribution in [3.63, 3.8) is 0 Å². The normalized spacial score (nSPS) is 21.7. The van der Waals surface area contributed by atoms with E-state index in [9.17, 15) is 14.4 Å². The third-order valence-corrected chi connectivity index (χ3v) is 6.78. The van der Waals surface area contributed by atoms with Gasteiger partial charge in [-0.05, 0) is 49.3 Å². The first-order valence-electron chi connectivity index (χ1n) is 12.2. The lowest BCUT2D eigenvalue weighted by molar-refractivity contribution is -0.131. The highest BCUT2D eigenvalue weighted by molar-refractivity contribution is 5.95. The molecule has 1 aromatic carbocycles. The molecule has 2 N–H and O–H groups in total. The lowest BCUT2D eigenvalue weighted by Gasteiger charge is -2.29. The summed E-state index contributed by atoms with van der Waals surface area (Å²) in [6.45, 7) is 4.97. The number of carbonyl (C=O) groups excluding carboxylic acids is 3. The van der Waals surface area contributed by atoms with E-state index in [1.807, 2.05) is 34.1 Å². The molecule has 0 spiro atoms. The highest BCUT2D eigenvalue weighted by Gasteiger charge is 2.24. The van der Waals surface area contributed by atoms with Gasteiger partial charge in [0.05, 0.1) is 13.7 Å². The van der Waals surface area contributed by atoms with Crippen molar-refractivity contribution in [3.8, 4) is 5.75 Å². The van der Waals surface area contributed by atoms with Crippen LogP contribution in [-0.4, -0.2) is 73.5 Å². The number of nitrogens with one attached hydrogen (secondary N) is 2. The minimum atomic E-state index is -0.399. The smallest absolute Gasteiger partial charge is 0.321 e. The first kappa shape index (κ1) is 25.0. The highest BCUT2D eigenvalue weighted by Crippen LogP contribution is 2.23. The fraction of sp³-hybridized carbons (Fsp3) is 0.640. The van der Waals surface area contributed by atoms with Gasteiger partial charge in [-0.15, -0.1) is 0 Å². The van der Waals surface area contributed by atoms with Gasteiger partial charge in [-0.1, -0.05) is 31.9 Å². The van der Waals surface area contributed by atoms with Crippen molar-refractivity contribution in [1.29, 1.82) is 0 Å². The summed E-state index contributed by atoms with van der Waals surface area (Å²) in [7, 11) is 1.64. The summed E-state index contributed by atoms with van der Waals surface area (Å²) in [5.41, 5.74) is 1.11. The second kappa shape index (κ2) is 12.6. The van der Waals surface area contributed by atoms with E-state index < -0.39 is 6.03 Å². The van der Waals surface area contributed by atoms with Gasteiger partial charge < -0.3 is 15.0 Å². The number of hydrogen-bond donors (Lipinski definition) is 2. The van der Waals surface area contributed by atoms with Gasteiger partial charge in [-0.3, -0.25) is 19.8 Å². The molecule has 1 aromatic rings. The molecule has 0 aromatic heterocycles. The van der Waals surface area contributed by atoms with Crippen LogP contribution in [0.15, 0.2) is 24.3 Å². The molecule has 2 aliphatic rings. The van der Waals surface area contributed by atoms with Crippen molar-refractivity contribution >= 4 is 17.8 Å². The van der Waals surface area contributed by atoms with Gasteiger partial charge in [-0.2, -0.15) is 0 Å². The molecule has 1 saturated carbocycles. The molecule has 2 atom stereocenters. The van der Waals surface area contributed by atoms with Crippen molar-refractivity contribution in [2.24, 2.45) is 5.92 Å². The number of carbonyl (C=O) groups is 3. The van der Waals surface area contributed by atoms with E-state index >= 15 is 0 Å². The van der Waals surface area contributed by atoms with Crippen LogP contribution in [0.3, 0.4) is 0 Å². The Labute approximate surface area is 197 Å².